The van der Waals surface area contributed by atoms with Crippen LogP contribution in [0.15, 0.2) is 67.0 Å². The second-order valence-electron chi connectivity index (χ2n) is 10.8. The first-order valence-corrected chi connectivity index (χ1v) is 14.2. The zero-order chi connectivity index (χ0) is 27.1. The zero-order valence-corrected chi connectivity index (χ0v) is 22.5. The molecule has 2 fully saturated rings. The molecule has 3 atom stereocenters. The van der Waals surface area contributed by atoms with Gasteiger partial charge in [0.2, 0.25) is 0 Å². The van der Waals surface area contributed by atoms with Gasteiger partial charge in [-0.3, -0.25) is 4.79 Å². The van der Waals surface area contributed by atoms with Gasteiger partial charge in [-0.2, -0.15) is 0 Å². The number of hydrogen-bond donors (Lipinski definition) is 3. The van der Waals surface area contributed by atoms with Crippen LogP contribution in [0.2, 0.25) is 0 Å². The summed E-state index contributed by atoms with van der Waals surface area (Å²) in [5.41, 5.74) is 2.20. The number of amides is 1. The minimum absolute atomic E-state index is 0.0222. The highest BCUT2D eigenvalue weighted by atomic mass is 16.5. The quantitative estimate of drug-likeness (QED) is 0.346. The van der Waals surface area contributed by atoms with Crippen molar-refractivity contribution in [3.8, 4) is 11.3 Å². The van der Waals surface area contributed by atoms with E-state index in [1.165, 1.54) is 5.56 Å². The second-order valence-corrected chi connectivity index (χ2v) is 10.8. The van der Waals surface area contributed by atoms with Gasteiger partial charge in [0.1, 0.15) is 5.60 Å². The molecule has 2 unspecified atom stereocenters. The number of ether oxygens (including phenoxy) is 1. The first-order chi connectivity index (χ1) is 19.1. The lowest BCUT2D eigenvalue weighted by atomic mass is 9.80. The molecule has 0 spiro atoms. The minimum Gasteiger partial charge on any atom is -0.396 e. The summed E-state index contributed by atoms with van der Waals surface area (Å²) in [6, 6.07) is 19.9. The lowest BCUT2D eigenvalue weighted by Crippen LogP contribution is -2.54. The molecule has 0 radical (unpaired) electrons. The molecular weight excluding hydrogens is 492 g/mol. The van der Waals surface area contributed by atoms with Gasteiger partial charge in [-0.05, 0) is 31.2 Å². The molecule has 208 valence electrons. The van der Waals surface area contributed by atoms with E-state index in [0.717, 1.165) is 50.0 Å². The summed E-state index contributed by atoms with van der Waals surface area (Å²) < 4.78 is 7.83. The van der Waals surface area contributed by atoms with E-state index in [4.69, 9.17) is 14.8 Å². The number of aliphatic hydroxyl groups excluding tert-OH is 1. The second kappa shape index (κ2) is 12.9. The van der Waals surface area contributed by atoms with E-state index in [2.05, 4.69) is 17.4 Å². The van der Waals surface area contributed by atoms with Crippen LogP contribution in [0, 0.1) is 0 Å². The molecule has 1 saturated carbocycles. The van der Waals surface area contributed by atoms with Crippen molar-refractivity contribution in [3.05, 3.63) is 78.2 Å². The Hall–Kier alpha value is -3.04. The summed E-state index contributed by atoms with van der Waals surface area (Å²) >= 11 is 0. The molecule has 2 aromatic carbocycles. The highest BCUT2D eigenvalue weighted by molar-refractivity contribution is 5.98. The number of aliphatic hydroxyl groups is 2. The van der Waals surface area contributed by atoms with E-state index in [1.807, 2.05) is 58.0 Å². The first kappa shape index (κ1) is 27.5. The molecule has 8 heteroatoms. The van der Waals surface area contributed by atoms with Crippen molar-refractivity contribution < 1.29 is 19.7 Å². The maximum Gasteiger partial charge on any atom is 0.275 e. The van der Waals surface area contributed by atoms with E-state index in [-0.39, 0.29) is 31.2 Å². The summed E-state index contributed by atoms with van der Waals surface area (Å²) in [6.45, 7) is 2.73. The van der Waals surface area contributed by atoms with E-state index < -0.39 is 5.60 Å². The van der Waals surface area contributed by atoms with Crippen LogP contribution in [0.5, 0.6) is 0 Å². The Morgan fingerprint density at radius 2 is 1.87 bits per heavy atom. The third-order valence-corrected chi connectivity index (χ3v) is 8.06. The Labute approximate surface area is 230 Å². The van der Waals surface area contributed by atoms with Crippen molar-refractivity contribution in [1.82, 2.24) is 19.8 Å². The predicted molar refractivity (Wildman–Crippen MR) is 150 cm³/mol. The number of carbonyl (C=O) groups is 1. The summed E-state index contributed by atoms with van der Waals surface area (Å²) in [6.07, 6.45) is 6.33. The smallest absolute Gasteiger partial charge is 0.275 e. The maximum absolute atomic E-state index is 14.2. The molecule has 2 aliphatic rings. The average Bonchev–Trinajstić information content (AvgIpc) is 3.41. The topological polar surface area (TPSA) is 99.9 Å². The molecule has 5 rings (SSSR count). The molecule has 1 amide bonds. The molecule has 1 saturated heterocycles. The number of piperazine rings is 1. The lowest BCUT2D eigenvalue weighted by Gasteiger charge is -2.41. The molecule has 1 aromatic heterocycles. The Balaban J connectivity index is 1.48. The van der Waals surface area contributed by atoms with Gasteiger partial charge < -0.3 is 29.7 Å². The van der Waals surface area contributed by atoms with E-state index in [9.17, 15) is 9.90 Å². The molecule has 1 aliphatic heterocycles. The fourth-order valence-corrected chi connectivity index (χ4v) is 6.05. The van der Waals surface area contributed by atoms with Gasteiger partial charge in [0.25, 0.3) is 5.91 Å². The van der Waals surface area contributed by atoms with Gasteiger partial charge in [0.15, 0.2) is 5.69 Å². The van der Waals surface area contributed by atoms with E-state index in [0.29, 0.717) is 31.7 Å². The highest BCUT2D eigenvalue weighted by Crippen LogP contribution is 2.41. The Morgan fingerprint density at radius 1 is 1.10 bits per heavy atom. The number of benzene rings is 2. The van der Waals surface area contributed by atoms with Gasteiger partial charge in [-0.25, -0.2) is 4.98 Å². The predicted octanol–water partition coefficient (Wildman–Crippen LogP) is 3.45. The van der Waals surface area contributed by atoms with Crippen molar-refractivity contribution in [2.45, 2.75) is 56.2 Å². The first-order valence-electron chi connectivity index (χ1n) is 14.2. The lowest BCUT2D eigenvalue weighted by molar-refractivity contribution is -0.100. The van der Waals surface area contributed by atoms with Crippen molar-refractivity contribution in [1.29, 1.82) is 0 Å². The monoisotopic (exact) mass is 532 g/mol. The third kappa shape index (κ3) is 6.25. The number of nitrogens with one attached hydrogen (secondary N) is 1. The van der Waals surface area contributed by atoms with Crippen LogP contribution in [-0.2, 0) is 11.2 Å². The van der Waals surface area contributed by atoms with Crippen LogP contribution in [-0.4, -0.2) is 81.7 Å². The van der Waals surface area contributed by atoms with Gasteiger partial charge in [-0.15, -0.1) is 0 Å². The van der Waals surface area contributed by atoms with Crippen LogP contribution >= 0.6 is 0 Å². The minimum atomic E-state index is -1.08. The molecule has 0 bridgehead atoms. The Morgan fingerprint density at radius 3 is 2.64 bits per heavy atom. The van der Waals surface area contributed by atoms with Crippen LogP contribution in [0.3, 0.4) is 0 Å². The standard InChI is InChI=1S/C31H40N4O4/c36-18-9-19-39-22-31(38)15-8-7-14-27(31)35-23-33-28(29(35)25-12-5-2-6-13-25)30(37)34-17-16-32-21-26(34)20-24-10-3-1-4-11-24/h1-6,10-13,23,26-27,32,36,38H,7-9,14-22H2/t26-,27?,31?/m1/s1. The van der Waals surface area contributed by atoms with Gasteiger partial charge in [0, 0.05) is 44.5 Å². The Kier molecular flexibility index (Phi) is 9.09. The summed E-state index contributed by atoms with van der Waals surface area (Å²) in [5.74, 6) is -0.0754. The average molecular weight is 533 g/mol. The van der Waals surface area contributed by atoms with Crippen LogP contribution in [0.4, 0.5) is 0 Å². The molecule has 8 nitrogen and oxygen atoms in total. The number of imidazole rings is 1. The number of nitrogens with zero attached hydrogens (tertiary/aromatic N) is 3. The van der Waals surface area contributed by atoms with Crippen molar-refractivity contribution in [3.63, 3.8) is 0 Å². The number of rotatable bonds is 10. The molecule has 2 heterocycles. The Bertz CT molecular complexity index is 1200. The van der Waals surface area contributed by atoms with Gasteiger partial charge >= 0.3 is 0 Å². The third-order valence-electron chi connectivity index (χ3n) is 8.06. The van der Waals surface area contributed by atoms with Crippen molar-refractivity contribution in [2.75, 3.05) is 39.5 Å². The van der Waals surface area contributed by atoms with E-state index >= 15 is 0 Å². The summed E-state index contributed by atoms with van der Waals surface area (Å²) in [4.78, 5) is 20.9. The summed E-state index contributed by atoms with van der Waals surface area (Å²) in [5, 5.41) is 24.4. The summed E-state index contributed by atoms with van der Waals surface area (Å²) in [7, 11) is 0. The van der Waals surface area contributed by atoms with Crippen LogP contribution < -0.4 is 5.32 Å². The fourth-order valence-electron chi connectivity index (χ4n) is 6.05. The van der Waals surface area contributed by atoms with Gasteiger partial charge in [-0.1, -0.05) is 73.5 Å². The van der Waals surface area contributed by atoms with Gasteiger partial charge in [0.05, 0.1) is 24.7 Å². The molecule has 3 N–H and O–H groups in total. The molecule has 39 heavy (non-hydrogen) atoms. The number of aromatic nitrogens is 2. The number of hydrogen-bond acceptors (Lipinski definition) is 6. The van der Waals surface area contributed by atoms with Crippen LogP contribution in [0.25, 0.3) is 11.3 Å². The van der Waals surface area contributed by atoms with Crippen molar-refractivity contribution in [2.24, 2.45) is 0 Å². The van der Waals surface area contributed by atoms with Crippen molar-refractivity contribution >= 4 is 5.91 Å². The van der Waals surface area contributed by atoms with E-state index in [1.54, 1.807) is 6.33 Å². The molecule has 3 aromatic rings. The fraction of sp³-hybridized carbons (Fsp3) is 0.484. The zero-order valence-electron chi connectivity index (χ0n) is 22.5. The maximum atomic E-state index is 14.2. The highest BCUT2D eigenvalue weighted by Gasteiger charge is 2.42. The SMILES string of the molecule is O=C(c1ncn(C2CCCCC2(O)COCCCO)c1-c1ccccc1)N1CCNC[C@H]1Cc1ccccc1. The normalized spacial score (nSPS) is 23.6. The van der Waals surface area contributed by atoms with Crippen LogP contribution in [0.1, 0.15) is 54.2 Å². The molecular formula is C31H40N4O4. The largest absolute Gasteiger partial charge is 0.396 e. The molecule has 1 aliphatic carbocycles. The number of carbonyl (C=O) groups excluding carboxylic acids is 1.